The molecule has 1 heterocycles. The first-order valence-electron chi connectivity index (χ1n) is 5.89. The van der Waals surface area contributed by atoms with E-state index in [1.807, 2.05) is 6.07 Å². The lowest BCUT2D eigenvalue weighted by atomic mass is 10.2. The molecule has 0 atom stereocenters. The van der Waals surface area contributed by atoms with Crippen molar-refractivity contribution < 1.29 is 9.72 Å². The molecule has 0 radical (unpaired) electrons. The highest BCUT2D eigenvalue weighted by atomic mass is 16.6. The zero-order chi connectivity index (χ0) is 14.1. The van der Waals surface area contributed by atoms with Gasteiger partial charge in [-0.15, -0.1) is 0 Å². The maximum absolute atomic E-state index is 12.3. The number of nitro groups is 1. The number of non-ortho nitro benzene ring substituents is 1. The van der Waals surface area contributed by atoms with Crippen LogP contribution < -0.4 is 0 Å². The van der Waals surface area contributed by atoms with E-state index in [9.17, 15) is 14.9 Å². The first-order chi connectivity index (χ1) is 9.66. The molecule has 1 aromatic heterocycles. The maximum Gasteiger partial charge on any atom is 0.278 e. The Morgan fingerprint density at radius 2 is 1.90 bits per heavy atom. The average molecular weight is 267 g/mol. The van der Waals surface area contributed by atoms with Gasteiger partial charge in [-0.1, -0.05) is 18.2 Å². The molecule has 0 saturated carbocycles. The molecule has 20 heavy (non-hydrogen) atoms. The van der Waals surface area contributed by atoms with E-state index in [2.05, 4.69) is 5.10 Å². The second-order valence-electron chi connectivity index (χ2n) is 4.23. The highest BCUT2D eigenvalue weighted by Crippen LogP contribution is 2.21. The summed E-state index contributed by atoms with van der Waals surface area (Å²) >= 11 is 0. The molecule has 6 nitrogen and oxygen atoms in total. The molecule has 0 saturated heterocycles. The van der Waals surface area contributed by atoms with Crippen molar-refractivity contribution in [2.75, 3.05) is 0 Å². The van der Waals surface area contributed by atoms with Crippen molar-refractivity contribution >= 4 is 22.5 Å². The van der Waals surface area contributed by atoms with Crippen LogP contribution in [0.4, 0.5) is 5.69 Å². The number of fused-ring (bicyclic) bond motifs is 1. The number of aromatic nitrogens is 2. The highest BCUT2D eigenvalue weighted by molar-refractivity contribution is 6.01. The van der Waals surface area contributed by atoms with Gasteiger partial charge in [0.25, 0.3) is 11.6 Å². The van der Waals surface area contributed by atoms with Crippen LogP contribution in [0.15, 0.2) is 54.7 Å². The van der Waals surface area contributed by atoms with Crippen molar-refractivity contribution in [2.24, 2.45) is 0 Å². The van der Waals surface area contributed by atoms with E-state index < -0.39 is 4.92 Å². The van der Waals surface area contributed by atoms with Gasteiger partial charge in [0.15, 0.2) is 0 Å². The predicted octanol–water partition coefficient (Wildman–Crippen LogP) is 2.63. The fourth-order valence-electron chi connectivity index (χ4n) is 1.99. The molecular formula is C14H9N3O3. The molecule has 6 heteroatoms. The van der Waals surface area contributed by atoms with E-state index in [0.717, 1.165) is 0 Å². The summed E-state index contributed by atoms with van der Waals surface area (Å²) in [7, 11) is 0. The Labute approximate surface area is 113 Å². The van der Waals surface area contributed by atoms with Gasteiger partial charge >= 0.3 is 0 Å². The summed E-state index contributed by atoms with van der Waals surface area (Å²) in [5.74, 6) is -0.318. The van der Waals surface area contributed by atoms with Crippen LogP contribution in [0.1, 0.15) is 10.4 Å². The summed E-state index contributed by atoms with van der Waals surface area (Å²) in [5, 5.41) is 15.5. The van der Waals surface area contributed by atoms with Crippen molar-refractivity contribution in [3.05, 3.63) is 70.4 Å². The number of rotatable bonds is 2. The molecule has 0 N–H and O–H groups in total. The van der Waals surface area contributed by atoms with Gasteiger partial charge < -0.3 is 0 Å². The number of nitro benzene ring substituents is 1. The van der Waals surface area contributed by atoms with E-state index in [0.29, 0.717) is 16.5 Å². The van der Waals surface area contributed by atoms with Crippen LogP contribution in [0.2, 0.25) is 0 Å². The molecule has 2 aromatic carbocycles. The zero-order valence-electron chi connectivity index (χ0n) is 10.3. The Morgan fingerprint density at radius 1 is 1.15 bits per heavy atom. The summed E-state index contributed by atoms with van der Waals surface area (Å²) in [5.41, 5.74) is 0.831. The Hall–Kier alpha value is -3.02. The van der Waals surface area contributed by atoms with Crippen LogP contribution in [0.3, 0.4) is 0 Å². The number of carbonyl (C=O) groups is 1. The van der Waals surface area contributed by atoms with Crippen LogP contribution in [-0.2, 0) is 0 Å². The molecule has 0 unspecified atom stereocenters. The van der Waals surface area contributed by atoms with E-state index in [-0.39, 0.29) is 11.6 Å². The summed E-state index contributed by atoms with van der Waals surface area (Å²) in [6.45, 7) is 0. The van der Waals surface area contributed by atoms with Crippen LogP contribution in [-0.4, -0.2) is 20.6 Å². The number of hydrogen-bond acceptors (Lipinski definition) is 4. The second kappa shape index (κ2) is 4.58. The summed E-state index contributed by atoms with van der Waals surface area (Å²) in [6, 6.07) is 13.0. The van der Waals surface area contributed by atoms with Gasteiger partial charge in [0.2, 0.25) is 0 Å². The second-order valence-corrected chi connectivity index (χ2v) is 4.23. The van der Waals surface area contributed by atoms with Gasteiger partial charge in [-0.2, -0.15) is 9.78 Å². The largest absolute Gasteiger partial charge is 0.278 e. The zero-order valence-corrected chi connectivity index (χ0v) is 10.3. The SMILES string of the molecule is O=C(c1ccccc1)n1ncc2ccc([N+](=O)[O-])cc21. The molecule has 0 amide bonds. The Kier molecular flexibility index (Phi) is 2.76. The fraction of sp³-hybridized carbons (Fsp3) is 0. The Bertz CT molecular complexity index is 809. The summed E-state index contributed by atoms with van der Waals surface area (Å²) < 4.78 is 1.18. The van der Waals surface area contributed by atoms with Crippen molar-refractivity contribution in [1.82, 2.24) is 9.78 Å². The molecule has 0 bridgehead atoms. The third kappa shape index (κ3) is 1.93. The minimum atomic E-state index is -0.496. The fourth-order valence-corrected chi connectivity index (χ4v) is 1.99. The van der Waals surface area contributed by atoms with Crippen LogP contribution in [0.25, 0.3) is 10.9 Å². The molecule has 3 aromatic rings. The monoisotopic (exact) mass is 267 g/mol. The van der Waals surface area contributed by atoms with E-state index in [4.69, 9.17) is 0 Å². The number of hydrogen-bond donors (Lipinski definition) is 0. The van der Waals surface area contributed by atoms with Gasteiger partial charge in [-0.05, 0) is 18.2 Å². The van der Waals surface area contributed by atoms with Crippen LogP contribution >= 0.6 is 0 Å². The van der Waals surface area contributed by atoms with Crippen LogP contribution in [0, 0.1) is 10.1 Å². The smallest absolute Gasteiger partial charge is 0.267 e. The Balaban J connectivity index is 2.14. The summed E-state index contributed by atoms with van der Waals surface area (Å²) in [6.07, 6.45) is 1.51. The van der Waals surface area contributed by atoms with Crippen molar-refractivity contribution in [3.8, 4) is 0 Å². The standard InChI is InChI=1S/C14H9N3O3/c18-14(10-4-2-1-3-5-10)16-13-8-12(17(19)20)7-6-11(13)9-15-16/h1-9H. The van der Waals surface area contributed by atoms with Crippen LogP contribution in [0.5, 0.6) is 0 Å². The minimum Gasteiger partial charge on any atom is -0.267 e. The molecule has 0 aliphatic rings. The quantitative estimate of drug-likeness (QED) is 0.528. The average Bonchev–Trinajstić information content (AvgIpc) is 2.90. The number of carbonyl (C=O) groups excluding carboxylic acids is 1. The van der Waals surface area contributed by atoms with E-state index in [1.54, 1.807) is 30.3 Å². The first kappa shape index (κ1) is 12.0. The van der Waals surface area contributed by atoms with Gasteiger partial charge in [-0.3, -0.25) is 14.9 Å². The molecule has 3 rings (SSSR count). The van der Waals surface area contributed by atoms with Gasteiger partial charge in [0.1, 0.15) is 0 Å². The molecular weight excluding hydrogens is 258 g/mol. The lowest BCUT2D eigenvalue weighted by molar-refractivity contribution is -0.384. The lowest BCUT2D eigenvalue weighted by Gasteiger charge is -2.02. The van der Waals surface area contributed by atoms with E-state index in [1.165, 1.54) is 23.0 Å². The molecule has 0 spiro atoms. The van der Waals surface area contributed by atoms with Gasteiger partial charge in [0.05, 0.1) is 16.6 Å². The molecule has 0 fully saturated rings. The summed E-state index contributed by atoms with van der Waals surface area (Å²) in [4.78, 5) is 22.6. The predicted molar refractivity (Wildman–Crippen MR) is 72.6 cm³/mol. The number of benzene rings is 2. The van der Waals surface area contributed by atoms with Gasteiger partial charge in [0, 0.05) is 23.1 Å². The highest BCUT2D eigenvalue weighted by Gasteiger charge is 2.15. The third-order valence-electron chi connectivity index (χ3n) is 2.98. The third-order valence-corrected chi connectivity index (χ3v) is 2.98. The van der Waals surface area contributed by atoms with Crippen molar-refractivity contribution in [3.63, 3.8) is 0 Å². The molecule has 98 valence electrons. The van der Waals surface area contributed by atoms with Gasteiger partial charge in [-0.25, -0.2) is 0 Å². The number of nitrogens with zero attached hydrogens (tertiary/aromatic N) is 3. The topological polar surface area (TPSA) is 78.0 Å². The molecule has 0 aliphatic carbocycles. The first-order valence-corrected chi connectivity index (χ1v) is 5.89. The lowest BCUT2D eigenvalue weighted by Crippen LogP contribution is -2.13. The van der Waals surface area contributed by atoms with Crippen molar-refractivity contribution in [2.45, 2.75) is 0 Å². The van der Waals surface area contributed by atoms with E-state index >= 15 is 0 Å². The minimum absolute atomic E-state index is 0.0693. The molecule has 0 aliphatic heterocycles. The maximum atomic E-state index is 12.3. The Morgan fingerprint density at radius 3 is 2.60 bits per heavy atom. The van der Waals surface area contributed by atoms with Crippen molar-refractivity contribution in [1.29, 1.82) is 0 Å². The normalized spacial score (nSPS) is 10.6.